The van der Waals surface area contributed by atoms with E-state index in [1.165, 1.54) is 50.5 Å². The molecule has 1 aromatic rings. The van der Waals surface area contributed by atoms with Crippen LogP contribution >= 0.6 is 0 Å². The number of rotatable bonds is 0. The summed E-state index contributed by atoms with van der Waals surface area (Å²) in [5, 5.41) is 0. The van der Waals surface area contributed by atoms with Crippen molar-refractivity contribution in [2.24, 2.45) is 21.7 Å². The molecular weight excluding hydrogens is 484 g/mol. The summed E-state index contributed by atoms with van der Waals surface area (Å²) in [6.07, 6.45) is 11.3. The van der Waals surface area contributed by atoms with E-state index in [9.17, 15) is 0 Å². The first-order chi connectivity index (χ1) is 17.7. The molecule has 232 valence electrons. The number of hydrogen-bond donors (Lipinski definition) is 0. The van der Waals surface area contributed by atoms with Crippen LogP contribution in [0.5, 0.6) is 0 Å². The van der Waals surface area contributed by atoms with Crippen molar-refractivity contribution in [1.29, 1.82) is 0 Å². The summed E-state index contributed by atoms with van der Waals surface area (Å²) in [5.74, 6) is 1.11. The predicted octanol–water partition coefficient (Wildman–Crippen LogP) is 13.4. The van der Waals surface area contributed by atoms with Crippen LogP contribution in [0.4, 0.5) is 0 Å². The molecule has 1 heteroatoms. The van der Waals surface area contributed by atoms with E-state index in [-0.39, 0.29) is 10.8 Å². The summed E-state index contributed by atoms with van der Waals surface area (Å²) >= 11 is 0. The molecule has 1 heterocycles. The minimum absolute atomic E-state index is 0.103. The molecule has 0 saturated carbocycles. The van der Waals surface area contributed by atoms with Crippen molar-refractivity contribution < 1.29 is 4.42 Å². The highest BCUT2D eigenvalue weighted by Gasteiger charge is 2.31. The van der Waals surface area contributed by atoms with Gasteiger partial charge in [0.1, 0.15) is 5.76 Å². The maximum absolute atomic E-state index is 5.56. The fraction of sp³-hybridized carbons (Fsp3) is 0.795. The second kappa shape index (κ2) is 13.0. The Labute approximate surface area is 252 Å². The summed E-state index contributed by atoms with van der Waals surface area (Å²) < 4.78 is 5.56. The van der Waals surface area contributed by atoms with Crippen LogP contribution in [0.25, 0.3) is 0 Å². The van der Waals surface area contributed by atoms with E-state index in [0.717, 1.165) is 5.76 Å². The maximum Gasteiger partial charge on any atom is 0.112 e. The van der Waals surface area contributed by atoms with Gasteiger partial charge in [-0.1, -0.05) is 147 Å². The lowest BCUT2D eigenvalue weighted by molar-refractivity contribution is 0.389. The minimum atomic E-state index is 0.103. The third-order valence-electron chi connectivity index (χ3n) is 8.46. The highest BCUT2D eigenvalue weighted by molar-refractivity contribution is 5.30. The molecule has 0 unspecified atom stereocenters. The van der Waals surface area contributed by atoms with Crippen LogP contribution in [0.3, 0.4) is 0 Å². The molecule has 0 bridgehead atoms. The van der Waals surface area contributed by atoms with Gasteiger partial charge in [-0.25, -0.2) is 0 Å². The normalized spacial score (nSPS) is 17.9. The second-order valence-electron chi connectivity index (χ2n) is 18.6. The van der Waals surface area contributed by atoms with Crippen LogP contribution < -0.4 is 0 Å². The van der Waals surface area contributed by atoms with Gasteiger partial charge >= 0.3 is 0 Å². The topological polar surface area (TPSA) is 13.1 Å². The molecule has 1 aromatic heterocycles. The molecule has 0 aliphatic heterocycles. The van der Waals surface area contributed by atoms with Crippen molar-refractivity contribution in [2.45, 2.75) is 180 Å². The standard InChI is InChI=1S/C14H26.C13H24.C12H20O/c1-13(2,3)11-9-7-8-10-12(11)14(4,5)6;1-12(2,3)10-8-7-9-11(10)13(4,5)6;1-11(2,3)9-7-8-13-10(9)12(4,5)6/h7-10H2,1-6H3;7-9H2,1-6H3;7-8H,1-6H3. The Morgan fingerprint density at radius 3 is 0.925 bits per heavy atom. The quantitative estimate of drug-likeness (QED) is 0.291. The average molecular weight is 555 g/mol. The van der Waals surface area contributed by atoms with Gasteiger partial charge in [0, 0.05) is 5.41 Å². The van der Waals surface area contributed by atoms with Gasteiger partial charge in [-0.3, -0.25) is 0 Å². The third-order valence-corrected chi connectivity index (χ3v) is 8.46. The van der Waals surface area contributed by atoms with Crippen LogP contribution in [0.15, 0.2) is 39.0 Å². The summed E-state index contributed by atoms with van der Waals surface area (Å²) in [4.78, 5) is 0. The van der Waals surface area contributed by atoms with Crippen LogP contribution in [0, 0.1) is 21.7 Å². The molecule has 0 atom stereocenters. The van der Waals surface area contributed by atoms with Crippen LogP contribution in [0.1, 0.15) is 181 Å². The fourth-order valence-electron chi connectivity index (χ4n) is 6.44. The molecule has 40 heavy (non-hydrogen) atoms. The Hall–Kier alpha value is -1.24. The van der Waals surface area contributed by atoms with E-state index >= 15 is 0 Å². The Kier molecular flexibility index (Phi) is 11.9. The molecule has 2 aliphatic carbocycles. The zero-order chi connectivity index (χ0) is 31.5. The molecule has 0 fully saturated rings. The summed E-state index contributed by atoms with van der Waals surface area (Å²) in [5.41, 5.74) is 10.0. The lowest BCUT2D eigenvalue weighted by atomic mass is 9.69. The van der Waals surface area contributed by atoms with Gasteiger partial charge in [0.25, 0.3) is 0 Å². The molecule has 0 radical (unpaired) electrons. The molecular formula is C39H70O. The second-order valence-corrected chi connectivity index (χ2v) is 18.6. The van der Waals surface area contributed by atoms with Crippen molar-refractivity contribution in [1.82, 2.24) is 0 Å². The Balaban J connectivity index is 0.000000300. The van der Waals surface area contributed by atoms with Crippen molar-refractivity contribution in [3.8, 4) is 0 Å². The molecule has 3 rings (SSSR count). The lowest BCUT2D eigenvalue weighted by Crippen LogP contribution is -2.22. The molecule has 0 N–H and O–H groups in total. The monoisotopic (exact) mass is 555 g/mol. The molecule has 0 spiro atoms. The largest absolute Gasteiger partial charge is 0.468 e. The molecule has 0 aromatic carbocycles. The van der Waals surface area contributed by atoms with E-state index in [2.05, 4.69) is 131 Å². The first-order valence-corrected chi connectivity index (χ1v) is 16.2. The van der Waals surface area contributed by atoms with Gasteiger partial charge < -0.3 is 4.42 Å². The molecule has 2 aliphatic rings. The van der Waals surface area contributed by atoms with E-state index in [0.29, 0.717) is 21.7 Å². The van der Waals surface area contributed by atoms with Crippen LogP contribution in [-0.2, 0) is 10.8 Å². The average Bonchev–Trinajstić information content (AvgIpc) is 3.42. The Morgan fingerprint density at radius 2 is 0.700 bits per heavy atom. The van der Waals surface area contributed by atoms with Crippen molar-refractivity contribution in [3.05, 3.63) is 45.9 Å². The van der Waals surface area contributed by atoms with Crippen LogP contribution in [-0.4, -0.2) is 0 Å². The predicted molar refractivity (Wildman–Crippen MR) is 180 cm³/mol. The number of hydrogen-bond acceptors (Lipinski definition) is 1. The lowest BCUT2D eigenvalue weighted by Gasteiger charge is -2.36. The Bertz CT molecular complexity index is 917. The van der Waals surface area contributed by atoms with Gasteiger partial charge in [0.05, 0.1) is 6.26 Å². The summed E-state index contributed by atoms with van der Waals surface area (Å²) in [7, 11) is 0. The van der Waals surface area contributed by atoms with E-state index in [1.807, 2.05) is 0 Å². The summed E-state index contributed by atoms with van der Waals surface area (Å²) in [6.45, 7) is 41.4. The summed E-state index contributed by atoms with van der Waals surface area (Å²) in [6, 6.07) is 2.08. The first-order valence-electron chi connectivity index (χ1n) is 16.2. The van der Waals surface area contributed by atoms with Crippen LogP contribution in [0.2, 0.25) is 0 Å². The van der Waals surface area contributed by atoms with Crippen molar-refractivity contribution in [2.75, 3.05) is 0 Å². The van der Waals surface area contributed by atoms with E-state index < -0.39 is 0 Å². The van der Waals surface area contributed by atoms with Crippen molar-refractivity contribution >= 4 is 0 Å². The zero-order valence-electron chi connectivity index (χ0n) is 30.5. The number of furan rings is 1. The van der Waals surface area contributed by atoms with Crippen molar-refractivity contribution in [3.63, 3.8) is 0 Å². The van der Waals surface area contributed by atoms with Gasteiger partial charge in [-0.15, -0.1) is 0 Å². The van der Waals surface area contributed by atoms with Gasteiger partial charge in [0.2, 0.25) is 0 Å². The molecule has 1 nitrogen and oxygen atoms in total. The maximum atomic E-state index is 5.56. The highest BCUT2D eigenvalue weighted by Crippen LogP contribution is 2.46. The Morgan fingerprint density at radius 1 is 0.400 bits per heavy atom. The SMILES string of the molecule is CC(C)(C)C1=C(C(C)(C)C)CCC1.CC(C)(C)C1=C(C(C)(C)C)CCCC1.CC(C)(C)c1ccoc1C(C)(C)C. The third kappa shape index (κ3) is 10.9. The zero-order valence-corrected chi connectivity index (χ0v) is 30.5. The van der Waals surface area contributed by atoms with E-state index in [1.54, 1.807) is 28.6 Å². The smallest absolute Gasteiger partial charge is 0.112 e. The molecule has 0 amide bonds. The highest BCUT2D eigenvalue weighted by atomic mass is 16.3. The molecule has 0 saturated heterocycles. The fourth-order valence-corrected chi connectivity index (χ4v) is 6.44. The van der Waals surface area contributed by atoms with E-state index in [4.69, 9.17) is 4.42 Å². The van der Waals surface area contributed by atoms with Gasteiger partial charge in [-0.05, 0) is 83.7 Å². The first kappa shape index (κ1) is 36.8. The van der Waals surface area contributed by atoms with Gasteiger partial charge in [-0.2, -0.15) is 0 Å². The van der Waals surface area contributed by atoms with Gasteiger partial charge in [0.15, 0.2) is 0 Å². The minimum Gasteiger partial charge on any atom is -0.468 e. The number of allylic oxidation sites excluding steroid dienone is 4.